The van der Waals surface area contributed by atoms with Crippen molar-refractivity contribution >= 4 is 12.9 Å². The lowest BCUT2D eigenvalue weighted by atomic mass is 10.3. The Hall–Kier alpha value is -1.61. The van der Waals surface area contributed by atoms with Crippen LogP contribution < -0.4 is 9.83 Å². The Morgan fingerprint density at radius 2 is 1.50 bits per heavy atom. The van der Waals surface area contributed by atoms with Crippen molar-refractivity contribution in [3.63, 3.8) is 0 Å². The fraction of sp³-hybridized carbons (Fsp3) is 0.0769. The molecule has 2 aromatic rings. The van der Waals surface area contributed by atoms with Gasteiger partial charge in [0.05, 0.1) is 5.30 Å². The lowest BCUT2D eigenvalue weighted by molar-refractivity contribution is 0.0915. The molecule has 0 aliphatic heterocycles. The Kier molecular flexibility index (Phi) is 4.15. The van der Waals surface area contributed by atoms with Gasteiger partial charge in [-0.2, -0.15) is 0 Å². The standard InChI is InChI=1S/C13H13O4P/c14-11-16-18(15,13-9-5-2-6-10-13)17-12-7-3-1-4-8-12/h1-10,14H,11H2. The largest absolute Gasteiger partial charge is 0.421 e. The molecule has 0 fully saturated rings. The number of rotatable bonds is 5. The van der Waals surface area contributed by atoms with Gasteiger partial charge in [-0.3, -0.25) is 4.52 Å². The maximum Gasteiger partial charge on any atom is 0.412 e. The molecule has 94 valence electrons. The predicted octanol–water partition coefficient (Wildman–Crippen LogP) is 2.55. The van der Waals surface area contributed by atoms with E-state index in [4.69, 9.17) is 14.2 Å². The van der Waals surface area contributed by atoms with Crippen LogP contribution in [0, 0.1) is 0 Å². The molecule has 0 saturated heterocycles. The zero-order chi connectivity index (χ0) is 12.8. The molecular formula is C13H13O4P. The van der Waals surface area contributed by atoms with Gasteiger partial charge in [0.1, 0.15) is 5.75 Å². The van der Waals surface area contributed by atoms with E-state index in [0.29, 0.717) is 11.1 Å². The van der Waals surface area contributed by atoms with E-state index in [2.05, 4.69) is 0 Å². The average molecular weight is 264 g/mol. The first-order chi connectivity index (χ1) is 8.74. The molecule has 0 radical (unpaired) electrons. The molecule has 0 bridgehead atoms. The van der Waals surface area contributed by atoms with Gasteiger partial charge in [-0.05, 0) is 24.3 Å². The maximum absolute atomic E-state index is 12.6. The second-order valence-electron chi connectivity index (χ2n) is 3.50. The van der Waals surface area contributed by atoms with E-state index < -0.39 is 14.4 Å². The van der Waals surface area contributed by atoms with Gasteiger partial charge in [-0.1, -0.05) is 36.4 Å². The average Bonchev–Trinajstić information content (AvgIpc) is 2.41. The molecule has 0 aromatic heterocycles. The van der Waals surface area contributed by atoms with Gasteiger partial charge < -0.3 is 9.63 Å². The molecule has 0 aliphatic rings. The monoisotopic (exact) mass is 264 g/mol. The zero-order valence-corrected chi connectivity index (χ0v) is 10.5. The first kappa shape index (κ1) is 12.8. The van der Waals surface area contributed by atoms with Crippen molar-refractivity contribution in [2.24, 2.45) is 0 Å². The van der Waals surface area contributed by atoms with E-state index in [1.165, 1.54) is 0 Å². The number of aliphatic hydroxyl groups is 1. The lowest BCUT2D eigenvalue weighted by Gasteiger charge is -2.18. The molecule has 0 heterocycles. The molecule has 4 nitrogen and oxygen atoms in total. The van der Waals surface area contributed by atoms with Crippen molar-refractivity contribution < 1.29 is 18.7 Å². The van der Waals surface area contributed by atoms with Crippen molar-refractivity contribution in [3.8, 4) is 5.75 Å². The van der Waals surface area contributed by atoms with E-state index in [0.717, 1.165) is 0 Å². The van der Waals surface area contributed by atoms with Gasteiger partial charge in [-0.15, -0.1) is 0 Å². The number of aliphatic hydroxyl groups excluding tert-OH is 1. The number of benzene rings is 2. The van der Waals surface area contributed by atoms with E-state index in [9.17, 15) is 4.57 Å². The van der Waals surface area contributed by atoms with E-state index in [1.54, 1.807) is 54.6 Å². The summed E-state index contributed by atoms with van der Waals surface area (Å²) in [4.78, 5) is 0. The van der Waals surface area contributed by atoms with Crippen molar-refractivity contribution in [3.05, 3.63) is 60.7 Å². The molecule has 1 unspecified atom stereocenters. The van der Waals surface area contributed by atoms with Crippen LogP contribution in [0.2, 0.25) is 0 Å². The first-order valence-electron chi connectivity index (χ1n) is 5.40. The highest BCUT2D eigenvalue weighted by molar-refractivity contribution is 7.62. The minimum Gasteiger partial charge on any atom is -0.421 e. The quantitative estimate of drug-likeness (QED) is 0.666. The van der Waals surface area contributed by atoms with Crippen LogP contribution >= 0.6 is 7.60 Å². The van der Waals surface area contributed by atoms with Crippen LogP contribution in [0.3, 0.4) is 0 Å². The molecule has 0 spiro atoms. The van der Waals surface area contributed by atoms with Gasteiger partial charge in [-0.25, -0.2) is 4.57 Å². The molecule has 2 rings (SSSR count). The molecule has 18 heavy (non-hydrogen) atoms. The topological polar surface area (TPSA) is 55.8 Å². The van der Waals surface area contributed by atoms with E-state index >= 15 is 0 Å². The third-order valence-electron chi connectivity index (χ3n) is 2.27. The predicted molar refractivity (Wildman–Crippen MR) is 68.9 cm³/mol. The maximum atomic E-state index is 12.6. The summed E-state index contributed by atoms with van der Waals surface area (Å²) in [6.45, 7) is -0.668. The van der Waals surface area contributed by atoms with E-state index in [-0.39, 0.29) is 0 Å². The molecule has 5 heteroatoms. The van der Waals surface area contributed by atoms with Crippen molar-refractivity contribution in [2.45, 2.75) is 0 Å². The van der Waals surface area contributed by atoms with Gasteiger partial charge in [0, 0.05) is 0 Å². The summed E-state index contributed by atoms with van der Waals surface area (Å²) in [6.07, 6.45) is 0. The van der Waals surface area contributed by atoms with Crippen LogP contribution in [-0.2, 0) is 9.09 Å². The fourth-order valence-corrected chi connectivity index (χ4v) is 2.86. The summed E-state index contributed by atoms with van der Waals surface area (Å²) in [5.41, 5.74) is 0. The second kappa shape index (κ2) is 5.83. The van der Waals surface area contributed by atoms with Crippen LogP contribution in [0.15, 0.2) is 60.7 Å². The molecular weight excluding hydrogens is 251 g/mol. The molecule has 0 amide bonds. The lowest BCUT2D eigenvalue weighted by Crippen LogP contribution is -2.12. The highest BCUT2D eigenvalue weighted by Crippen LogP contribution is 2.46. The Balaban J connectivity index is 2.31. The normalized spacial score (nSPS) is 13.8. The zero-order valence-electron chi connectivity index (χ0n) is 9.60. The van der Waals surface area contributed by atoms with Crippen molar-refractivity contribution in [2.75, 3.05) is 6.79 Å². The SMILES string of the molecule is O=P(OCO)(Oc1ccccc1)c1ccccc1. The summed E-state index contributed by atoms with van der Waals surface area (Å²) in [5.74, 6) is 0.429. The summed E-state index contributed by atoms with van der Waals surface area (Å²) in [6, 6.07) is 17.3. The molecule has 1 atom stereocenters. The smallest absolute Gasteiger partial charge is 0.412 e. The Morgan fingerprint density at radius 1 is 0.944 bits per heavy atom. The molecule has 2 aromatic carbocycles. The number of hydrogen-bond acceptors (Lipinski definition) is 4. The van der Waals surface area contributed by atoms with Crippen molar-refractivity contribution in [1.82, 2.24) is 0 Å². The van der Waals surface area contributed by atoms with Crippen LogP contribution in [-0.4, -0.2) is 11.9 Å². The van der Waals surface area contributed by atoms with Gasteiger partial charge >= 0.3 is 7.60 Å². The second-order valence-corrected chi connectivity index (χ2v) is 5.45. The van der Waals surface area contributed by atoms with Crippen LogP contribution in [0.1, 0.15) is 0 Å². The minimum atomic E-state index is -3.54. The van der Waals surface area contributed by atoms with Gasteiger partial charge in [0.2, 0.25) is 0 Å². The third kappa shape index (κ3) is 2.99. The molecule has 0 aliphatic carbocycles. The Bertz CT molecular complexity index is 527. The minimum absolute atomic E-state index is 0.405. The van der Waals surface area contributed by atoms with E-state index in [1.807, 2.05) is 6.07 Å². The van der Waals surface area contributed by atoms with Crippen LogP contribution in [0.4, 0.5) is 0 Å². The Labute approximate surface area is 105 Å². The molecule has 0 saturated carbocycles. The van der Waals surface area contributed by atoms with Crippen molar-refractivity contribution in [1.29, 1.82) is 0 Å². The van der Waals surface area contributed by atoms with Gasteiger partial charge in [0.15, 0.2) is 6.79 Å². The highest BCUT2D eigenvalue weighted by atomic mass is 31.2. The third-order valence-corrected chi connectivity index (χ3v) is 4.11. The Morgan fingerprint density at radius 3 is 2.06 bits per heavy atom. The number of hydrogen-bond donors (Lipinski definition) is 1. The number of para-hydroxylation sites is 1. The van der Waals surface area contributed by atoms with Crippen LogP contribution in [0.5, 0.6) is 5.75 Å². The summed E-state index contributed by atoms with van der Waals surface area (Å²) in [7, 11) is -3.54. The highest BCUT2D eigenvalue weighted by Gasteiger charge is 2.28. The summed E-state index contributed by atoms with van der Waals surface area (Å²) >= 11 is 0. The van der Waals surface area contributed by atoms with Crippen LogP contribution in [0.25, 0.3) is 0 Å². The first-order valence-corrected chi connectivity index (χ1v) is 6.94. The fourth-order valence-electron chi connectivity index (χ4n) is 1.46. The summed E-state index contributed by atoms with van der Waals surface area (Å²) < 4.78 is 22.9. The summed E-state index contributed by atoms with van der Waals surface area (Å²) in [5, 5.41) is 9.27. The van der Waals surface area contributed by atoms with Gasteiger partial charge in [0.25, 0.3) is 0 Å². The molecule has 1 N–H and O–H groups in total.